The van der Waals surface area contributed by atoms with Crippen LogP contribution in [-0.2, 0) is 18.5 Å². The maximum Gasteiger partial charge on any atom is 0.419 e. The second-order valence-corrected chi connectivity index (χ2v) is 7.40. The van der Waals surface area contributed by atoms with Gasteiger partial charge >= 0.3 is 6.18 Å². The number of halogens is 3. The first kappa shape index (κ1) is 18.1. The molecule has 2 aromatic heterocycles. The number of fused-ring (bicyclic) bond motifs is 1. The number of benzene rings is 1. The SMILES string of the molecule is CCOc1ccc2nc(SCc3c(C(F)(F)F)cnn3CC)sc2c1. The van der Waals surface area contributed by atoms with Gasteiger partial charge in [-0.1, -0.05) is 11.8 Å². The van der Waals surface area contributed by atoms with Gasteiger partial charge in [-0.15, -0.1) is 11.3 Å². The van der Waals surface area contributed by atoms with E-state index in [0.717, 1.165) is 26.5 Å². The van der Waals surface area contributed by atoms with Crippen molar-refractivity contribution in [3.63, 3.8) is 0 Å². The Kier molecular flexibility index (Phi) is 5.24. The van der Waals surface area contributed by atoms with Gasteiger partial charge in [-0.2, -0.15) is 18.3 Å². The monoisotopic (exact) mass is 387 g/mol. The van der Waals surface area contributed by atoms with Gasteiger partial charge in [0.25, 0.3) is 0 Å². The van der Waals surface area contributed by atoms with E-state index >= 15 is 0 Å². The third-order valence-electron chi connectivity index (χ3n) is 3.54. The maximum atomic E-state index is 13.1. The average molecular weight is 387 g/mol. The highest BCUT2D eigenvalue weighted by Crippen LogP contribution is 2.37. The van der Waals surface area contributed by atoms with E-state index in [1.54, 1.807) is 6.92 Å². The molecule has 0 aliphatic rings. The van der Waals surface area contributed by atoms with Crippen molar-refractivity contribution >= 4 is 33.3 Å². The first-order valence-electron chi connectivity index (χ1n) is 7.70. The molecular weight excluding hydrogens is 371 g/mol. The van der Waals surface area contributed by atoms with Gasteiger partial charge in [0.1, 0.15) is 5.75 Å². The van der Waals surface area contributed by atoms with Crippen LogP contribution in [-0.4, -0.2) is 21.4 Å². The number of nitrogens with zero attached hydrogens (tertiary/aromatic N) is 3. The van der Waals surface area contributed by atoms with Crippen molar-refractivity contribution in [3.8, 4) is 5.75 Å². The minimum absolute atomic E-state index is 0.167. The van der Waals surface area contributed by atoms with Crippen LogP contribution in [0.15, 0.2) is 28.7 Å². The number of aromatic nitrogens is 3. The van der Waals surface area contributed by atoms with E-state index < -0.39 is 11.7 Å². The molecule has 0 unspecified atom stereocenters. The van der Waals surface area contributed by atoms with Crippen molar-refractivity contribution < 1.29 is 17.9 Å². The molecule has 134 valence electrons. The summed E-state index contributed by atoms with van der Waals surface area (Å²) < 4.78 is 47.9. The van der Waals surface area contributed by atoms with Crippen molar-refractivity contribution in [2.75, 3.05) is 6.61 Å². The summed E-state index contributed by atoms with van der Waals surface area (Å²) in [7, 11) is 0. The smallest absolute Gasteiger partial charge is 0.419 e. The summed E-state index contributed by atoms with van der Waals surface area (Å²) in [6, 6.07) is 5.60. The van der Waals surface area contributed by atoms with E-state index in [1.165, 1.54) is 27.8 Å². The number of thiazole rings is 1. The molecule has 0 aliphatic heterocycles. The third-order valence-corrected chi connectivity index (χ3v) is 5.71. The van der Waals surface area contributed by atoms with Crippen molar-refractivity contribution in [2.24, 2.45) is 0 Å². The van der Waals surface area contributed by atoms with E-state index in [-0.39, 0.29) is 11.4 Å². The van der Waals surface area contributed by atoms with Gasteiger partial charge in [0.2, 0.25) is 0 Å². The lowest BCUT2D eigenvalue weighted by Gasteiger charge is -2.09. The van der Waals surface area contributed by atoms with Gasteiger partial charge in [-0.3, -0.25) is 4.68 Å². The Bertz CT molecular complexity index is 873. The zero-order valence-electron chi connectivity index (χ0n) is 13.6. The van der Waals surface area contributed by atoms with Gasteiger partial charge in [0.05, 0.1) is 34.3 Å². The molecule has 0 aliphatic carbocycles. The lowest BCUT2D eigenvalue weighted by Crippen LogP contribution is -2.10. The Morgan fingerprint density at radius 2 is 2.08 bits per heavy atom. The molecule has 1 aromatic carbocycles. The topological polar surface area (TPSA) is 39.9 Å². The van der Waals surface area contributed by atoms with Gasteiger partial charge in [-0.25, -0.2) is 4.98 Å². The molecule has 0 bridgehead atoms. The van der Waals surface area contributed by atoms with Crippen molar-refractivity contribution in [2.45, 2.75) is 36.7 Å². The number of hydrogen-bond acceptors (Lipinski definition) is 5. The van der Waals surface area contributed by atoms with Gasteiger partial charge in [0.15, 0.2) is 4.34 Å². The zero-order valence-corrected chi connectivity index (χ0v) is 15.3. The quantitative estimate of drug-likeness (QED) is 0.544. The van der Waals surface area contributed by atoms with E-state index in [1.807, 2.05) is 25.1 Å². The molecule has 3 rings (SSSR count). The van der Waals surface area contributed by atoms with Gasteiger partial charge < -0.3 is 4.74 Å². The second kappa shape index (κ2) is 7.25. The molecule has 0 saturated carbocycles. The van der Waals surface area contributed by atoms with Crippen molar-refractivity contribution in [1.82, 2.24) is 14.8 Å². The highest BCUT2D eigenvalue weighted by atomic mass is 32.2. The molecule has 4 nitrogen and oxygen atoms in total. The first-order chi connectivity index (χ1) is 11.9. The van der Waals surface area contributed by atoms with Crippen molar-refractivity contribution in [3.05, 3.63) is 35.7 Å². The maximum absolute atomic E-state index is 13.1. The molecule has 0 amide bonds. The van der Waals surface area contributed by atoms with Crippen LogP contribution >= 0.6 is 23.1 Å². The average Bonchev–Trinajstić information content (AvgIpc) is 3.15. The summed E-state index contributed by atoms with van der Waals surface area (Å²) in [5.41, 5.74) is 0.312. The van der Waals surface area contributed by atoms with Gasteiger partial charge in [-0.05, 0) is 32.0 Å². The van der Waals surface area contributed by atoms with E-state index in [4.69, 9.17) is 4.74 Å². The predicted molar refractivity (Wildman–Crippen MR) is 93.3 cm³/mol. The molecule has 0 saturated heterocycles. The number of thioether (sulfide) groups is 1. The molecule has 2 heterocycles. The fourth-order valence-corrected chi connectivity index (χ4v) is 4.54. The zero-order chi connectivity index (χ0) is 18.0. The number of rotatable bonds is 6. The van der Waals surface area contributed by atoms with E-state index in [2.05, 4.69) is 10.1 Å². The minimum Gasteiger partial charge on any atom is -0.494 e. The molecule has 25 heavy (non-hydrogen) atoms. The van der Waals surface area contributed by atoms with Crippen LogP contribution < -0.4 is 4.74 Å². The van der Waals surface area contributed by atoms with Crippen LogP contribution in [0.4, 0.5) is 13.2 Å². The van der Waals surface area contributed by atoms with Crippen LogP contribution in [0.5, 0.6) is 5.75 Å². The number of alkyl halides is 3. The third kappa shape index (κ3) is 3.92. The van der Waals surface area contributed by atoms with Gasteiger partial charge in [0, 0.05) is 12.3 Å². The summed E-state index contributed by atoms with van der Waals surface area (Å²) in [5, 5.41) is 3.84. The molecule has 0 spiro atoms. The summed E-state index contributed by atoms with van der Waals surface area (Å²) in [6.45, 7) is 4.65. The highest BCUT2D eigenvalue weighted by Gasteiger charge is 2.36. The Hall–Kier alpha value is -1.74. The molecule has 0 N–H and O–H groups in total. The second-order valence-electron chi connectivity index (χ2n) is 5.15. The summed E-state index contributed by atoms with van der Waals surface area (Å²) in [6.07, 6.45) is -3.50. The van der Waals surface area contributed by atoms with Crippen LogP contribution in [0.1, 0.15) is 25.1 Å². The number of hydrogen-bond donors (Lipinski definition) is 0. The minimum atomic E-state index is -4.40. The molecule has 9 heteroatoms. The predicted octanol–water partition coefficient (Wildman–Crippen LogP) is 5.22. The Balaban J connectivity index is 1.82. The molecule has 0 fully saturated rings. The van der Waals surface area contributed by atoms with E-state index in [0.29, 0.717) is 13.2 Å². The van der Waals surface area contributed by atoms with Crippen molar-refractivity contribution in [1.29, 1.82) is 0 Å². The molecule has 0 atom stereocenters. The van der Waals surface area contributed by atoms with Crippen LogP contribution in [0.3, 0.4) is 0 Å². The molecule has 0 radical (unpaired) electrons. The number of ether oxygens (including phenoxy) is 1. The van der Waals surface area contributed by atoms with Crippen LogP contribution in [0.25, 0.3) is 10.2 Å². The largest absolute Gasteiger partial charge is 0.494 e. The lowest BCUT2D eigenvalue weighted by molar-refractivity contribution is -0.138. The highest BCUT2D eigenvalue weighted by molar-refractivity contribution is 8.00. The number of aryl methyl sites for hydroxylation is 1. The lowest BCUT2D eigenvalue weighted by atomic mass is 10.2. The molecular formula is C16H16F3N3OS2. The summed E-state index contributed by atoms with van der Waals surface area (Å²) >= 11 is 2.74. The molecule has 3 aromatic rings. The summed E-state index contributed by atoms with van der Waals surface area (Å²) in [5.74, 6) is 0.930. The fraction of sp³-hybridized carbons (Fsp3) is 0.375. The van der Waals surface area contributed by atoms with E-state index in [9.17, 15) is 13.2 Å². The first-order valence-corrected chi connectivity index (χ1v) is 9.50. The standard InChI is InChI=1S/C16H16F3N3OS2/c1-3-22-13(11(8-20-22)16(17,18)19)9-24-15-21-12-6-5-10(23-4-2)7-14(12)25-15/h5-8H,3-4,9H2,1-2H3. The van der Waals surface area contributed by atoms with Crippen LogP contribution in [0, 0.1) is 0 Å². The normalized spacial score (nSPS) is 12.0. The Morgan fingerprint density at radius 1 is 1.28 bits per heavy atom. The summed E-state index contributed by atoms with van der Waals surface area (Å²) in [4.78, 5) is 4.48. The Morgan fingerprint density at radius 3 is 2.76 bits per heavy atom. The fourth-order valence-electron chi connectivity index (χ4n) is 2.40. The Labute approximate surface area is 151 Å². The van der Waals surface area contributed by atoms with Crippen LogP contribution in [0.2, 0.25) is 0 Å².